The molecule has 0 atom stereocenters. The summed E-state index contributed by atoms with van der Waals surface area (Å²) < 4.78 is 5.08. The minimum atomic E-state index is -0.626. The Bertz CT molecular complexity index is 476. The fraction of sp³-hybridized carbons (Fsp3) is 0.286. The van der Waals surface area contributed by atoms with Gasteiger partial charge in [0, 0.05) is 6.04 Å². The lowest BCUT2D eigenvalue weighted by atomic mass is 10.2. The first-order valence-electron chi connectivity index (χ1n) is 5.97. The lowest BCUT2D eigenvalue weighted by Crippen LogP contribution is -2.34. The monoisotopic (exact) mass is 261 g/mol. The molecule has 0 unspecified atom stereocenters. The van der Waals surface area contributed by atoms with Gasteiger partial charge < -0.3 is 10.5 Å². The largest absolute Gasteiger partial charge is 0.497 e. The van der Waals surface area contributed by atoms with Crippen molar-refractivity contribution in [3.05, 3.63) is 35.9 Å². The van der Waals surface area contributed by atoms with Crippen LogP contribution in [0, 0.1) is 0 Å². The number of methoxy groups -OCH3 is 1. The van der Waals surface area contributed by atoms with Crippen LogP contribution in [0.4, 0.5) is 4.79 Å². The molecule has 0 fully saturated rings. The number of primary amides is 1. The van der Waals surface area contributed by atoms with Crippen LogP contribution in [0.25, 0.3) is 6.08 Å². The summed E-state index contributed by atoms with van der Waals surface area (Å²) in [5, 5.41) is 2.48. The summed E-state index contributed by atoms with van der Waals surface area (Å²) in [6.45, 7) is 3.84. The standard InChI is InChI=1S/C14H19N3O2/c1-10(2)16-13(17-14(15)18)9-6-11-4-7-12(19-3)8-5-11/h4-10H,1-3H3,(H3,15,16,17,18)/b9-6+. The molecular weight excluding hydrogens is 242 g/mol. The highest BCUT2D eigenvalue weighted by molar-refractivity contribution is 6.05. The Morgan fingerprint density at radius 3 is 2.47 bits per heavy atom. The first-order chi connectivity index (χ1) is 9.01. The van der Waals surface area contributed by atoms with Gasteiger partial charge in [-0.15, -0.1) is 0 Å². The smallest absolute Gasteiger partial charge is 0.317 e. The number of amidine groups is 1. The number of nitrogens with two attached hydrogens (primary N) is 1. The molecule has 0 saturated heterocycles. The molecule has 0 aromatic heterocycles. The summed E-state index contributed by atoms with van der Waals surface area (Å²) in [5.74, 6) is 1.24. The Hall–Kier alpha value is -2.30. The van der Waals surface area contributed by atoms with Crippen molar-refractivity contribution >= 4 is 17.9 Å². The van der Waals surface area contributed by atoms with E-state index < -0.39 is 6.03 Å². The van der Waals surface area contributed by atoms with Crippen LogP contribution < -0.4 is 15.8 Å². The maximum atomic E-state index is 10.9. The van der Waals surface area contributed by atoms with Gasteiger partial charge in [0.05, 0.1) is 7.11 Å². The maximum Gasteiger partial charge on any atom is 0.317 e. The number of carbonyl (C=O) groups excluding carboxylic acids is 1. The van der Waals surface area contributed by atoms with Gasteiger partial charge in [-0.1, -0.05) is 18.2 Å². The van der Waals surface area contributed by atoms with Crippen LogP contribution in [0.15, 0.2) is 35.3 Å². The van der Waals surface area contributed by atoms with Crippen molar-refractivity contribution < 1.29 is 9.53 Å². The molecule has 5 heteroatoms. The zero-order valence-corrected chi connectivity index (χ0v) is 11.4. The second-order valence-corrected chi connectivity index (χ2v) is 4.20. The molecule has 1 rings (SSSR count). The van der Waals surface area contributed by atoms with Crippen molar-refractivity contribution in [2.75, 3.05) is 7.11 Å². The first kappa shape index (κ1) is 14.8. The zero-order valence-electron chi connectivity index (χ0n) is 11.4. The number of carbonyl (C=O) groups is 1. The van der Waals surface area contributed by atoms with Crippen LogP contribution in [0.2, 0.25) is 0 Å². The van der Waals surface area contributed by atoms with Crippen molar-refractivity contribution in [2.45, 2.75) is 19.9 Å². The summed E-state index contributed by atoms with van der Waals surface area (Å²) in [7, 11) is 1.62. The van der Waals surface area contributed by atoms with E-state index in [0.29, 0.717) is 5.84 Å². The number of rotatable bonds is 4. The molecule has 0 radical (unpaired) electrons. The number of ether oxygens (including phenoxy) is 1. The van der Waals surface area contributed by atoms with E-state index in [1.54, 1.807) is 13.2 Å². The molecule has 5 nitrogen and oxygen atoms in total. The normalized spacial score (nSPS) is 11.9. The van der Waals surface area contributed by atoms with Crippen LogP contribution in [0.1, 0.15) is 19.4 Å². The maximum absolute atomic E-state index is 10.9. The third-order valence-electron chi connectivity index (χ3n) is 2.20. The van der Waals surface area contributed by atoms with Gasteiger partial charge in [0.25, 0.3) is 0 Å². The van der Waals surface area contributed by atoms with Crippen LogP contribution in [-0.4, -0.2) is 25.0 Å². The number of hydrogen-bond donors (Lipinski definition) is 2. The summed E-state index contributed by atoms with van der Waals surface area (Å²) in [6.07, 6.45) is 3.56. The molecule has 0 aliphatic heterocycles. The Kier molecular flexibility index (Phi) is 5.60. The summed E-state index contributed by atoms with van der Waals surface area (Å²) in [4.78, 5) is 15.1. The Labute approximate surface area is 113 Å². The van der Waals surface area contributed by atoms with Gasteiger partial charge in [-0.25, -0.2) is 4.79 Å². The number of amides is 2. The number of nitrogens with one attached hydrogen (secondary N) is 1. The van der Waals surface area contributed by atoms with E-state index in [9.17, 15) is 4.79 Å². The fourth-order valence-corrected chi connectivity index (χ4v) is 1.41. The highest BCUT2D eigenvalue weighted by atomic mass is 16.5. The van der Waals surface area contributed by atoms with Crippen LogP contribution >= 0.6 is 0 Å². The third kappa shape index (κ3) is 5.72. The highest BCUT2D eigenvalue weighted by Gasteiger charge is 1.99. The predicted molar refractivity (Wildman–Crippen MR) is 77.3 cm³/mol. The lowest BCUT2D eigenvalue weighted by molar-refractivity contribution is 0.253. The van der Waals surface area contributed by atoms with E-state index in [0.717, 1.165) is 11.3 Å². The lowest BCUT2D eigenvalue weighted by Gasteiger charge is -2.04. The highest BCUT2D eigenvalue weighted by Crippen LogP contribution is 2.12. The van der Waals surface area contributed by atoms with E-state index in [1.165, 1.54) is 0 Å². The van der Waals surface area contributed by atoms with Crippen molar-refractivity contribution in [3.8, 4) is 5.75 Å². The van der Waals surface area contributed by atoms with Crippen LogP contribution in [0.3, 0.4) is 0 Å². The Balaban J connectivity index is 2.82. The minimum Gasteiger partial charge on any atom is -0.497 e. The first-order valence-corrected chi connectivity index (χ1v) is 5.97. The van der Waals surface area contributed by atoms with Crippen molar-refractivity contribution in [1.82, 2.24) is 5.32 Å². The number of nitrogens with zero attached hydrogens (tertiary/aromatic N) is 1. The SMILES string of the molecule is COc1ccc(/C=C/C(=NC(C)C)NC(N)=O)cc1. The van der Waals surface area contributed by atoms with Gasteiger partial charge >= 0.3 is 6.03 Å². The Morgan fingerprint density at radius 1 is 1.37 bits per heavy atom. The van der Waals surface area contributed by atoms with E-state index in [1.807, 2.05) is 44.2 Å². The van der Waals surface area contributed by atoms with Gasteiger partial charge in [0.1, 0.15) is 11.6 Å². The third-order valence-corrected chi connectivity index (χ3v) is 2.20. The molecule has 0 heterocycles. The molecule has 0 aliphatic rings. The second kappa shape index (κ2) is 7.20. The summed E-state index contributed by atoms with van der Waals surface area (Å²) in [6, 6.07) is 6.99. The summed E-state index contributed by atoms with van der Waals surface area (Å²) >= 11 is 0. The van der Waals surface area contributed by atoms with Crippen LogP contribution in [0.5, 0.6) is 5.75 Å². The number of urea groups is 1. The molecular formula is C14H19N3O2. The molecule has 0 saturated carbocycles. The number of benzene rings is 1. The van der Waals surface area contributed by atoms with Crippen molar-refractivity contribution in [2.24, 2.45) is 10.7 Å². The van der Waals surface area contributed by atoms with Gasteiger partial charge in [-0.05, 0) is 37.6 Å². The molecule has 1 aromatic carbocycles. The van der Waals surface area contributed by atoms with Crippen molar-refractivity contribution in [1.29, 1.82) is 0 Å². The minimum absolute atomic E-state index is 0.0716. The molecule has 0 bridgehead atoms. The number of aliphatic imine (C=N–C) groups is 1. The molecule has 19 heavy (non-hydrogen) atoms. The van der Waals surface area contributed by atoms with E-state index in [2.05, 4.69) is 10.3 Å². The zero-order chi connectivity index (χ0) is 14.3. The van der Waals surface area contributed by atoms with E-state index >= 15 is 0 Å². The number of hydrogen-bond acceptors (Lipinski definition) is 3. The molecule has 0 spiro atoms. The molecule has 2 amide bonds. The van der Waals surface area contributed by atoms with E-state index in [4.69, 9.17) is 10.5 Å². The van der Waals surface area contributed by atoms with Gasteiger partial charge in [-0.3, -0.25) is 10.3 Å². The summed E-state index contributed by atoms with van der Waals surface area (Å²) in [5.41, 5.74) is 6.07. The predicted octanol–water partition coefficient (Wildman–Crippen LogP) is 2.18. The van der Waals surface area contributed by atoms with Crippen LogP contribution in [-0.2, 0) is 0 Å². The quantitative estimate of drug-likeness (QED) is 0.643. The fourth-order valence-electron chi connectivity index (χ4n) is 1.41. The van der Waals surface area contributed by atoms with Gasteiger partial charge in [-0.2, -0.15) is 0 Å². The van der Waals surface area contributed by atoms with Gasteiger partial charge in [0.2, 0.25) is 0 Å². The molecule has 0 aliphatic carbocycles. The molecule has 102 valence electrons. The molecule has 3 N–H and O–H groups in total. The van der Waals surface area contributed by atoms with Crippen molar-refractivity contribution in [3.63, 3.8) is 0 Å². The average molecular weight is 261 g/mol. The van der Waals surface area contributed by atoms with Gasteiger partial charge in [0.15, 0.2) is 0 Å². The topological polar surface area (TPSA) is 76.7 Å². The molecule has 1 aromatic rings. The average Bonchev–Trinajstić information content (AvgIpc) is 2.35. The second-order valence-electron chi connectivity index (χ2n) is 4.20. The van der Waals surface area contributed by atoms with E-state index in [-0.39, 0.29) is 6.04 Å². The Morgan fingerprint density at radius 2 is 2.00 bits per heavy atom.